The summed E-state index contributed by atoms with van der Waals surface area (Å²) in [6.07, 6.45) is -3.16. The summed E-state index contributed by atoms with van der Waals surface area (Å²) in [5.41, 5.74) is 0. The minimum Gasteiger partial charge on any atom is -0.395 e. The SMILES string of the molecule is CCN1CC(O)C(O)C(O)C1CO. The Morgan fingerprint density at radius 1 is 1.23 bits per heavy atom. The van der Waals surface area contributed by atoms with Crippen LogP contribution in [0.2, 0.25) is 0 Å². The average Bonchev–Trinajstić information content (AvgIpc) is 2.13. The molecule has 1 saturated heterocycles. The lowest BCUT2D eigenvalue weighted by atomic mass is 9.94. The van der Waals surface area contributed by atoms with Crippen molar-refractivity contribution in [1.82, 2.24) is 4.90 Å². The third-order valence-electron chi connectivity index (χ3n) is 2.62. The van der Waals surface area contributed by atoms with Crippen LogP contribution in [0.25, 0.3) is 0 Å². The zero-order chi connectivity index (χ0) is 10.0. The van der Waals surface area contributed by atoms with Gasteiger partial charge < -0.3 is 20.4 Å². The Morgan fingerprint density at radius 2 is 1.85 bits per heavy atom. The van der Waals surface area contributed by atoms with Crippen molar-refractivity contribution in [2.24, 2.45) is 0 Å². The molecular formula is C8H17NO4. The summed E-state index contributed by atoms with van der Waals surface area (Å²) in [5.74, 6) is 0. The maximum absolute atomic E-state index is 9.50. The van der Waals surface area contributed by atoms with Crippen LogP contribution in [-0.4, -0.2) is 69.4 Å². The second-order valence-electron chi connectivity index (χ2n) is 3.39. The summed E-state index contributed by atoms with van der Waals surface area (Å²) in [6.45, 7) is 2.59. The molecule has 5 nitrogen and oxygen atoms in total. The molecule has 0 radical (unpaired) electrons. The molecule has 4 N–H and O–H groups in total. The third-order valence-corrected chi connectivity index (χ3v) is 2.62. The van der Waals surface area contributed by atoms with Crippen molar-refractivity contribution in [3.05, 3.63) is 0 Å². The molecule has 0 aromatic rings. The molecule has 0 spiro atoms. The maximum atomic E-state index is 9.50. The second kappa shape index (κ2) is 4.34. The quantitative estimate of drug-likeness (QED) is 0.397. The first-order chi connectivity index (χ1) is 6.11. The maximum Gasteiger partial charge on any atom is 0.109 e. The lowest BCUT2D eigenvalue weighted by Gasteiger charge is -2.42. The molecule has 1 rings (SSSR count). The monoisotopic (exact) mass is 191 g/mol. The molecule has 0 bridgehead atoms. The van der Waals surface area contributed by atoms with Gasteiger partial charge in [0.2, 0.25) is 0 Å². The molecule has 1 aliphatic heterocycles. The van der Waals surface area contributed by atoms with Gasteiger partial charge in [-0.15, -0.1) is 0 Å². The fraction of sp³-hybridized carbons (Fsp3) is 1.00. The highest BCUT2D eigenvalue weighted by molar-refractivity contribution is 4.93. The van der Waals surface area contributed by atoms with E-state index in [0.29, 0.717) is 13.1 Å². The van der Waals surface area contributed by atoms with Gasteiger partial charge >= 0.3 is 0 Å². The molecule has 0 amide bonds. The molecule has 0 aliphatic carbocycles. The van der Waals surface area contributed by atoms with Crippen LogP contribution in [0.1, 0.15) is 6.92 Å². The van der Waals surface area contributed by atoms with Gasteiger partial charge in [-0.1, -0.05) is 6.92 Å². The van der Waals surface area contributed by atoms with Crippen LogP contribution in [0.15, 0.2) is 0 Å². The summed E-state index contributed by atoms with van der Waals surface area (Å²) >= 11 is 0. The van der Waals surface area contributed by atoms with Gasteiger partial charge in [-0.2, -0.15) is 0 Å². The van der Waals surface area contributed by atoms with E-state index in [9.17, 15) is 15.3 Å². The van der Waals surface area contributed by atoms with E-state index in [-0.39, 0.29) is 6.61 Å². The number of rotatable bonds is 2. The third kappa shape index (κ3) is 2.00. The van der Waals surface area contributed by atoms with Crippen molar-refractivity contribution < 1.29 is 20.4 Å². The number of aliphatic hydroxyl groups excluding tert-OH is 4. The number of likely N-dealkylation sites (N-methyl/N-ethyl adjacent to an activating group) is 1. The van der Waals surface area contributed by atoms with Gasteiger partial charge in [0, 0.05) is 6.54 Å². The molecule has 13 heavy (non-hydrogen) atoms. The van der Waals surface area contributed by atoms with Crippen LogP contribution in [0.4, 0.5) is 0 Å². The van der Waals surface area contributed by atoms with E-state index in [4.69, 9.17) is 5.11 Å². The number of hydrogen-bond donors (Lipinski definition) is 4. The molecule has 0 saturated carbocycles. The van der Waals surface area contributed by atoms with Gasteiger partial charge in [0.1, 0.15) is 12.2 Å². The fourth-order valence-electron chi connectivity index (χ4n) is 1.74. The number of β-amino-alcohol motifs (C(OH)–C–C–N with tert-alkyl or cyclic N) is 1. The molecule has 5 heteroatoms. The van der Waals surface area contributed by atoms with Crippen molar-refractivity contribution >= 4 is 0 Å². The van der Waals surface area contributed by atoms with Crippen molar-refractivity contribution in [2.75, 3.05) is 19.7 Å². The molecule has 0 aromatic carbocycles. The zero-order valence-corrected chi connectivity index (χ0v) is 7.67. The van der Waals surface area contributed by atoms with E-state index in [2.05, 4.69) is 0 Å². The van der Waals surface area contributed by atoms with Crippen LogP contribution in [0.3, 0.4) is 0 Å². The lowest BCUT2D eigenvalue weighted by molar-refractivity contribution is -0.143. The first-order valence-corrected chi connectivity index (χ1v) is 4.51. The van der Waals surface area contributed by atoms with Gasteiger partial charge in [-0.25, -0.2) is 0 Å². The summed E-state index contributed by atoms with van der Waals surface area (Å²) in [5, 5.41) is 37.1. The van der Waals surface area contributed by atoms with Gasteiger partial charge in [0.25, 0.3) is 0 Å². The van der Waals surface area contributed by atoms with E-state index < -0.39 is 24.4 Å². The Hall–Kier alpha value is -0.200. The Morgan fingerprint density at radius 3 is 2.31 bits per heavy atom. The van der Waals surface area contributed by atoms with E-state index >= 15 is 0 Å². The number of nitrogens with zero attached hydrogens (tertiary/aromatic N) is 1. The predicted octanol–water partition coefficient (Wildman–Crippen LogP) is -2.23. The first-order valence-electron chi connectivity index (χ1n) is 4.51. The Bertz CT molecular complexity index is 164. The largest absolute Gasteiger partial charge is 0.395 e. The topological polar surface area (TPSA) is 84.2 Å². The van der Waals surface area contributed by atoms with Gasteiger partial charge in [-0.05, 0) is 6.54 Å². The highest BCUT2D eigenvalue weighted by atomic mass is 16.4. The minimum atomic E-state index is -1.15. The fourth-order valence-corrected chi connectivity index (χ4v) is 1.74. The molecule has 0 aromatic heterocycles. The van der Waals surface area contributed by atoms with Crippen LogP contribution in [0, 0.1) is 0 Å². The van der Waals surface area contributed by atoms with Crippen molar-refractivity contribution in [2.45, 2.75) is 31.3 Å². The first kappa shape index (κ1) is 10.9. The smallest absolute Gasteiger partial charge is 0.109 e. The molecular weight excluding hydrogens is 174 g/mol. The van der Waals surface area contributed by atoms with Gasteiger partial charge in [-0.3, -0.25) is 4.90 Å². The number of aliphatic hydroxyl groups is 4. The molecule has 1 aliphatic rings. The van der Waals surface area contributed by atoms with Crippen LogP contribution < -0.4 is 0 Å². The normalized spacial score (nSPS) is 42.2. The summed E-state index contributed by atoms with van der Waals surface area (Å²) in [6, 6.07) is -0.469. The molecule has 1 fully saturated rings. The summed E-state index contributed by atoms with van der Waals surface area (Å²) in [7, 11) is 0. The van der Waals surface area contributed by atoms with Crippen molar-refractivity contribution in [3.8, 4) is 0 Å². The molecule has 1 heterocycles. The zero-order valence-electron chi connectivity index (χ0n) is 7.67. The number of hydrogen-bond acceptors (Lipinski definition) is 5. The Labute approximate surface area is 77.2 Å². The van der Waals surface area contributed by atoms with Crippen LogP contribution in [-0.2, 0) is 0 Å². The Kier molecular flexibility index (Phi) is 3.63. The van der Waals surface area contributed by atoms with Gasteiger partial charge in [0.05, 0.1) is 18.8 Å². The number of piperidine rings is 1. The van der Waals surface area contributed by atoms with E-state index in [1.54, 1.807) is 4.90 Å². The Balaban J connectivity index is 2.69. The minimum absolute atomic E-state index is 0.210. The van der Waals surface area contributed by atoms with Gasteiger partial charge in [0.15, 0.2) is 0 Å². The number of likely N-dealkylation sites (tertiary alicyclic amines) is 1. The standard InChI is InChI=1S/C8H17NO4/c1-2-9-3-6(11)8(13)7(12)5(9)4-10/h5-8,10-13H,2-4H2,1H3. The summed E-state index contributed by atoms with van der Waals surface area (Å²) in [4.78, 5) is 1.75. The highest BCUT2D eigenvalue weighted by Gasteiger charge is 2.40. The predicted molar refractivity (Wildman–Crippen MR) is 46.1 cm³/mol. The van der Waals surface area contributed by atoms with Crippen LogP contribution >= 0.6 is 0 Å². The van der Waals surface area contributed by atoms with E-state index in [1.807, 2.05) is 6.92 Å². The van der Waals surface area contributed by atoms with Crippen molar-refractivity contribution in [1.29, 1.82) is 0 Å². The van der Waals surface area contributed by atoms with E-state index in [1.165, 1.54) is 0 Å². The average molecular weight is 191 g/mol. The summed E-state index contributed by atoms with van der Waals surface area (Å²) < 4.78 is 0. The highest BCUT2D eigenvalue weighted by Crippen LogP contribution is 2.18. The van der Waals surface area contributed by atoms with E-state index in [0.717, 1.165) is 0 Å². The lowest BCUT2D eigenvalue weighted by Crippen LogP contribution is -2.62. The molecule has 4 atom stereocenters. The van der Waals surface area contributed by atoms with Crippen molar-refractivity contribution in [3.63, 3.8) is 0 Å². The molecule has 78 valence electrons. The second-order valence-corrected chi connectivity index (χ2v) is 3.39. The van der Waals surface area contributed by atoms with Crippen LogP contribution in [0.5, 0.6) is 0 Å². The molecule has 4 unspecified atom stereocenters.